The van der Waals surface area contributed by atoms with Gasteiger partial charge in [0, 0.05) is 18.2 Å². The first kappa shape index (κ1) is 15.2. The number of hydrogen-bond acceptors (Lipinski definition) is 5. The van der Waals surface area contributed by atoms with Crippen molar-refractivity contribution in [2.45, 2.75) is 12.6 Å². The van der Waals surface area contributed by atoms with E-state index in [4.69, 9.17) is 0 Å². The van der Waals surface area contributed by atoms with Crippen LogP contribution in [0.2, 0.25) is 0 Å². The van der Waals surface area contributed by atoms with Crippen LogP contribution in [0.3, 0.4) is 0 Å². The minimum Gasteiger partial charge on any atom is -0.754 e. The molecule has 19 heavy (non-hydrogen) atoms. The summed E-state index contributed by atoms with van der Waals surface area (Å²) >= 11 is 0. The number of alkyl halides is 3. The molecule has 1 rings (SSSR count). The van der Waals surface area contributed by atoms with Crippen molar-refractivity contribution in [2.24, 2.45) is 11.8 Å². The third-order valence-corrected chi connectivity index (χ3v) is 2.75. The Morgan fingerprint density at radius 2 is 2.21 bits per heavy atom. The summed E-state index contributed by atoms with van der Waals surface area (Å²) in [6.45, 7) is 3.10. The average molecular weight is 278 g/mol. The fraction of sp³-hybridized carbons (Fsp3) is 0.455. The van der Waals surface area contributed by atoms with Crippen molar-refractivity contribution < 1.29 is 27.5 Å². The van der Waals surface area contributed by atoms with Crippen molar-refractivity contribution in [3.8, 4) is 0 Å². The SMILES string of the molecule is C=CN([O-])C1=CC(=O)CC(C(F)(F)F)C1C(=O)OC. The van der Waals surface area contributed by atoms with Crippen LogP contribution >= 0.6 is 0 Å². The summed E-state index contributed by atoms with van der Waals surface area (Å²) in [5.74, 6) is -6.23. The minimum absolute atomic E-state index is 0.0304. The van der Waals surface area contributed by atoms with Crippen molar-refractivity contribution in [1.29, 1.82) is 0 Å². The van der Waals surface area contributed by atoms with E-state index < -0.39 is 41.9 Å². The van der Waals surface area contributed by atoms with E-state index >= 15 is 0 Å². The van der Waals surface area contributed by atoms with E-state index in [1.165, 1.54) is 0 Å². The Labute approximate surface area is 106 Å². The van der Waals surface area contributed by atoms with Gasteiger partial charge in [0.2, 0.25) is 0 Å². The van der Waals surface area contributed by atoms with E-state index in [0.29, 0.717) is 6.20 Å². The Bertz CT molecular complexity index is 430. The summed E-state index contributed by atoms with van der Waals surface area (Å²) in [5.41, 5.74) is -0.611. The highest BCUT2D eigenvalue weighted by atomic mass is 19.4. The molecule has 0 aromatic carbocycles. The number of ether oxygens (including phenoxy) is 1. The highest BCUT2D eigenvalue weighted by Gasteiger charge is 2.52. The molecule has 1 aliphatic rings. The van der Waals surface area contributed by atoms with Crippen LogP contribution in [0.1, 0.15) is 6.42 Å². The molecule has 0 radical (unpaired) electrons. The smallest absolute Gasteiger partial charge is 0.393 e. The lowest BCUT2D eigenvalue weighted by Gasteiger charge is -2.39. The van der Waals surface area contributed by atoms with Crippen molar-refractivity contribution >= 4 is 11.8 Å². The van der Waals surface area contributed by atoms with E-state index in [0.717, 1.165) is 13.2 Å². The number of rotatable bonds is 3. The number of esters is 1. The Kier molecular flexibility index (Phi) is 4.35. The van der Waals surface area contributed by atoms with Gasteiger partial charge in [-0.3, -0.25) is 9.59 Å². The number of carbonyl (C=O) groups is 2. The Balaban J connectivity index is 3.29. The van der Waals surface area contributed by atoms with Crippen molar-refractivity contribution in [2.75, 3.05) is 7.11 Å². The Morgan fingerprint density at radius 1 is 1.63 bits per heavy atom. The van der Waals surface area contributed by atoms with Gasteiger partial charge < -0.3 is 15.0 Å². The monoisotopic (exact) mass is 278 g/mol. The van der Waals surface area contributed by atoms with Crippen molar-refractivity contribution in [3.63, 3.8) is 0 Å². The number of carbonyl (C=O) groups excluding carboxylic acids is 2. The van der Waals surface area contributed by atoms with E-state index in [1.54, 1.807) is 0 Å². The molecule has 2 unspecified atom stereocenters. The predicted octanol–water partition coefficient (Wildman–Crippen LogP) is 1.75. The molecule has 0 aliphatic heterocycles. The largest absolute Gasteiger partial charge is 0.754 e. The Morgan fingerprint density at radius 3 is 2.63 bits per heavy atom. The third-order valence-electron chi connectivity index (χ3n) is 2.75. The molecule has 2 atom stereocenters. The van der Waals surface area contributed by atoms with Crippen molar-refractivity contribution in [3.05, 3.63) is 29.8 Å². The summed E-state index contributed by atoms with van der Waals surface area (Å²) in [6.07, 6.45) is -4.29. The zero-order valence-electron chi connectivity index (χ0n) is 9.94. The first-order chi connectivity index (χ1) is 8.72. The maximum atomic E-state index is 12.9. The zero-order valence-corrected chi connectivity index (χ0v) is 9.94. The van der Waals surface area contributed by atoms with Crippen LogP contribution in [-0.4, -0.2) is 30.1 Å². The molecule has 0 aromatic rings. The van der Waals surface area contributed by atoms with Gasteiger partial charge in [-0.05, 0) is 6.20 Å². The summed E-state index contributed by atoms with van der Waals surface area (Å²) < 4.78 is 42.9. The van der Waals surface area contributed by atoms with Gasteiger partial charge in [0.25, 0.3) is 0 Å². The maximum absolute atomic E-state index is 12.9. The highest BCUT2D eigenvalue weighted by molar-refractivity contribution is 5.94. The van der Waals surface area contributed by atoms with Gasteiger partial charge in [0.1, 0.15) is 5.92 Å². The minimum atomic E-state index is -4.80. The quantitative estimate of drug-likeness (QED) is 0.581. The second kappa shape index (κ2) is 5.43. The topological polar surface area (TPSA) is 69.7 Å². The van der Waals surface area contributed by atoms with Gasteiger partial charge in [-0.25, -0.2) is 0 Å². The van der Waals surface area contributed by atoms with Crippen LogP contribution in [0.25, 0.3) is 0 Å². The van der Waals surface area contributed by atoms with Crippen LogP contribution in [0, 0.1) is 17.0 Å². The molecule has 0 heterocycles. The number of hydrogen-bond donors (Lipinski definition) is 0. The summed E-state index contributed by atoms with van der Waals surface area (Å²) in [4.78, 5) is 22.8. The fourth-order valence-electron chi connectivity index (χ4n) is 1.88. The van der Waals surface area contributed by atoms with Gasteiger partial charge in [0.05, 0.1) is 13.0 Å². The number of nitrogens with zero attached hydrogens (tertiary/aromatic N) is 1. The van der Waals surface area contributed by atoms with Crippen LogP contribution < -0.4 is 0 Å². The number of halogens is 3. The molecule has 5 nitrogen and oxygen atoms in total. The normalized spacial score (nSPS) is 23.6. The molecule has 106 valence electrons. The number of hydroxylamine groups is 2. The lowest BCUT2D eigenvalue weighted by Crippen LogP contribution is -2.43. The first-order valence-corrected chi connectivity index (χ1v) is 5.20. The molecule has 0 amide bonds. The molecule has 8 heteroatoms. The molecular formula is C11H11F3NO4-. The average Bonchev–Trinajstić information content (AvgIpc) is 2.34. The fourth-order valence-corrected chi connectivity index (χ4v) is 1.88. The molecule has 0 saturated carbocycles. The molecule has 0 bridgehead atoms. The summed E-state index contributed by atoms with van der Waals surface area (Å²) in [7, 11) is 0.910. The van der Waals surface area contributed by atoms with Gasteiger partial charge in [-0.15, -0.1) is 0 Å². The van der Waals surface area contributed by atoms with Crippen molar-refractivity contribution in [1.82, 2.24) is 5.06 Å². The molecular weight excluding hydrogens is 267 g/mol. The molecule has 0 saturated heterocycles. The highest BCUT2D eigenvalue weighted by Crippen LogP contribution is 2.42. The first-order valence-electron chi connectivity index (χ1n) is 5.20. The van der Waals surface area contributed by atoms with Crippen LogP contribution in [0.4, 0.5) is 13.2 Å². The number of allylic oxidation sites excluding steroid dienone is 1. The molecule has 0 aromatic heterocycles. The van der Waals surface area contributed by atoms with E-state index in [9.17, 15) is 28.0 Å². The lowest BCUT2D eigenvalue weighted by atomic mass is 9.80. The summed E-state index contributed by atoms with van der Waals surface area (Å²) in [6, 6.07) is 0. The van der Waals surface area contributed by atoms with Gasteiger partial charge in [-0.2, -0.15) is 13.2 Å². The second-order valence-electron chi connectivity index (χ2n) is 3.90. The van der Waals surface area contributed by atoms with Gasteiger partial charge in [0.15, 0.2) is 5.78 Å². The molecule has 0 spiro atoms. The molecule has 0 fully saturated rings. The number of methoxy groups -OCH3 is 1. The Hall–Kier alpha value is -1.83. The third kappa shape index (κ3) is 3.14. The van der Waals surface area contributed by atoms with Crippen LogP contribution in [-0.2, 0) is 14.3 Å². The summed E-state index contributed by atoms with van der Waals surface area (Å²) in [5, 5.41) is 11.4. The van der Waals surface area contributed by atoms with E-state index in [1.807, 2.05) is 0 Å². The van der Waals surface area contributed by atoms with Crippen LogP contribution in [0.15, 0.2) is 24.6 Å². The maximum Gasteiger partial charge on any atom is 0.393 e. The lowest BCUT2D eigenvalue weighted by molar-refractivity contribution is -0.198. The van der Waals surface area contributed by atoms with E-state index in [2.05, 4.69) is 11.3 Å². The van der Waals surface area contributed by atoms with E-state index in [-0.39, 0.29) is 5.06 Å². The second-order valence-corrected chi connectivity index (χ2v) is 3.90. The number of ketones is 1. The molecule has 0 N–H and O–H groups in total. The van der Waals surface area contributed by atoms with Gasteiger partial charge in [-0.1, -0.05) is 6.58 Å². The predicted molar refractivity (Wildman–Crippen MR) is 58.2 cm³/mol. The zero-order chi connectivity index (χ0) is 14.8. The standard InChI is InChI=1S/C11H11F3NO4/c1-3-15(18)8-5-6(16)4-7(11(12,13)14)9(8)10(17)19-2/h3,5,7,9H,1,4H2,2H3/q-1. The van der Waals surface area contributed by atoms with Crippen LogP contribution in [0.5, 0.6) is 0 Å². The van der Waals surface area contributed by atoms with Gasteiger partial charge >= 0.3 is 12.1 Å². The molecule has 1 aliphatic carbocycles.